The smallest absolute Gasteiger partial charge is 0.242 e. The minimum atomic E-state index is -0.336. The van der Waals surface area contributed by atoms with Gasteiger partial charge in [-0.25, -0.2) is 0 Å². The molecule has 35 heavy (non-hydrogen) atoms. The van der Waals surface area contributed by atoms with E-state index in [2.05, 4.69) is 15.2 Å². The lowest BCUT2D eigenvalue weighted by Gasteiger charge is -2.25. The fraction of sp³-hybridized carbons (Fsp3) is 0.375. The fourth-order valence-electron chi connectivity index (χ4n) is 3.69. The fourth-order valence-corrected chi connectivity index (χ4v) is 4.48. The molecule has 1 aliphatic heterocycles. The van der Waals surface area contributed by atoms with Crippen molar-refractivity contribution in [2.75, 3.05) is 32.5 Å². The highest BCUT2D eigenvalue weighted by Crippen LogP contribution is 2.19. The molecule has 0 bridgehead atoms. The second-order valence-corrected chi connectivity index (χ2v) is 9.14. The second-order valence-electron chi connectivity index (χ2n) is 8.20. The molecule has 0 radical (unpaired) electrons. The van der Waals surface area contributed by atoms with E-state index < -0.39 is 0 Å². The van der Waals surface area contributed by atoms with Crippen molar-refractivity contribution >= 4 is 23.6 Å². The van der Waals surface area contributed by atoms with Crippen molar-refractivity contribution in [1.82, 2.24) is 29.5 Å². The van der Waals surface area contributed by atoms with E-state index in [1.165, 1.54) is 11.8 Å². The Morgan fingerprint density at radius 2 is 1.89 bits per heavy atom. The van der Waals surface area contributed by atoms with E-state index in [1.54, 1.807) is 40.2 Å². The third kappa shape index (κ3) is 6.80. The molecule has 1 fully saturated rings. The van der Waals surface area contributed by atoms with Crippen LogP contribution in [-0.4, -0.2) is 80.0 Å². The summed E-state index contributed by atoms with van der Waals surface area (Å²) in [5.41, 5.74) is 1.96. The molecule has 10 nitrogen and oxygen atoms in total. The Balaban J connectivity index is 1.46. The monoisotopic (exact) mass is 496 g/mol. The zero-order valence-electron chi connectivity index (χ0n) is 19.7. The molecule has 184 valence electrons. The first-order valence-electron chi connectivity index (χ1n) is 11.2. The summed E-state index contributed by atoms with van der Waals surface area (Å²) < 4.78 is 13.2. The van der Waals surface area contributed by atoms with Crippen molar-refractivity contribution in [2.45, 2.75) is 24.4 Å². The van der Waals surface area contributed by atoms with E-state index in [4.69, 9.17) is 9.47 Å². The maximum Gasteiger partial charge on any atom is 0.242 e. The number of ether oxygens (including phenoxy) is 2. The van der Waals surface area contributed by atoms with Crippen LogP contribution in [0.5, 0.6) is 5.75 Å². The van der Waals surface area contributed by atoms with Crippen LogP contribution in [0.25, 0.3) is 0 Å². The van der Waals surface area contributed by atoms with Crippen LogP contribution in [0, 0.1) is 0 Å². The Hall–Kier alpha value is -3.44. The van der Waals surface area contributed by atoms with E-state index in [9.17, 15) is 9.59 Å². The zero-order chi connectivity index (χ0) is 24.6. The molecule has 11 heteroatoms. The molecule has 4 rings (SSSR count). The summed E-state index contributed by atoms with van der Waals surface area (Å²) in [7, 11) is 3.44. The third-order valence-corrected chi connectivity index (χ3v) is 6.66. The number of pyridine rings is 1. The van der Waals surface area contributed by atoms with Gasteiger partial charge in [-0.3, -0.25) is 14.6 Å². The minimum absolute atomic E-state index is 0.00345. The van der Waals surface area contributed by atoms with E-state index >= 15 is 0 Å². The predicted molar refractivity (Wildman–Crippen MR) is 130 cm³/mol. The topological polar surface area (TPSA) is 103 Å². The summed E-state index contributed by atoms with van der Waals surface area (Å²) in [5.74, 6) is 0.657. The van der Waals surface area contributed by atoms with Crippen LogP contribution in [0.3, 0.4) is 0 Å². The average Bonchev–Trinajstić information content (AvgIpc) is 3.22. The lowest BCUT2D eigenvalue weighted by molar-refractivity contribution is -0.137. The minimum Gasteiger partial charge on any atom is -0.497 e. The summed E-state index contributed by atoms with van der Waals surface area (Å²) in [6.45, 7) is 1.51. The number of rotatable bonds is 9. The number of nitrogens with zero attached hydrogens (tertiary/aromatic N) is 6. The first-order chi connectivity index (χ1) is 17.0. The predicted octanol–water partition coefficient (Wildman–Crippen LogP) is 1.77. The molecule has 0 saturated carbocycles. The van der Waals surface area contributed by atoms with Gasteiger partial charge in [-0.1, -0.05) is 23.9 Å². The van der Waals surface area contributed by atoms with Crippen LogP contribution >= 0.6 is 11.8 Å². The van der Waals surface area contributed by atoms with Gasteiger partial charge in [0.1, 0.15) is 12.1 Å². The lowest BCUT2D eigenvalue weighted by Crippen LogP contribution is -2.40. The van der Waals surface area contributed by atoms with Gasteiger partial charge in [0.25, 0.3) is 0 Å². The largest absolute Gasteiger partial charge is 0.497 e. The first-order valence-corrected chi connectivity index (χ1v) is 12.2. The van der Waals surface area contributed by atoms with Crippen molar-refractivity contribution in [2.24, 2.45) is 7.05 Å². The third-order valence-electron chi connectivity index (χ3n) is 5.64. The van der Waals surface area contributed by atoms with Gasteiger partial charge in [0.15, 0.2) is 5.16 Å². The summed E-state index contributed by atoms with van der Waals surface area (Å²) in [5, 5.41) is 8.49. The molecule has 1 aliphatic rings. The van der Waals surface area contributed by atoms with Crippen LogP contribution in [0.15, 0.2) is 60.3 Å². The maximum atomic E-state index is 13.2. The van der Waals surface area contributed by atoms with Crippen molar-refractivity contribution in [3.8, 4) is 5.75 Å². The van der Waals surface area contributed by atoms with Crippen molar-refractivity contribution in [3.05, 3.63) is 66.2 Å². The molecular formula is C24H28N6O4S. The van der Waals surface area contributed by atoms with Gasteiger partial charge in [-0.2, -0.15) is 0 Å². The number of benzene rings is 1. The quantitative estimate of drug-likeness (QED) is 0.413. The normalized spacial score (nSPS) is 16.3. The highest BCUT2D eigenvalue weighted by atomic mass is 32.2. The van der Waals surface area contributed by atoms with E-state index in [1.807, 2.05) is 43.4 Å². The Bertz CT molecular complexity index is 1120. The van der Waals surface area contributed by atoms with Crippen LogP contribution in [-0.2, 0) is 34.5 Å². The van der Waals surface area contributed by atoms with E-state index in [-0.39, 0.29) is 30.2 Å². The number of hydrogen-bond donors (Lipinski definition) is 0. The van der Waals surface area contributed by atoms with E-state index in [0.29, 0.717) is 31.4 Å². The molecule has 2 amide bonds. The number of carbonyl (C=O) groups excluding carboxylic acids is 2. The Kier molecular flexibility index (Phi) is 8.32. The number of aryl methyl sites for hydroxylation is 1. The Morgan fingerprint density at radius 1 is 1.11 bits per heavy atom. The highest BCUT2D eigenvalue weighted by molar-refractivity contribution is 7.99. The molecular weight excluding hydrogens is 468 g/mol. The Labute approximate surface area is 208 Å². The first kappa shape index (κ1) is 24.7. The van der Waals surface area contributed by atoms with Gasteiger partial charge < -0.3 is 23.8 Å². The molecule has 3 heterocycles. The number of carbonyl (C=O) groups is 2. The number of thioether (sulfide) groups is 1. The molecule has 0 aliphatic carbocycles. The molecule has 1 saturated heterocycles. The van der Waals surface area contributed by atoms with Gasteiger partial charge in [-0.05, 0) is 35.4 Å². The van der Waals surface area contributed by atoms with Crippen molar-refractivity contribution < 1.29 is 19.1 Å². The standard InChI is InChI=1S/C24H28N6O4S/c1-28-17-26-27-24(28)35-16-23(32)30-13-21(34-15-19-7-9-25-10-8-19)12-29(22(31)14-30)11-18-3-5-20(33-2)6-4-18/h3-10,17,21H,11-16H2,1-2H3/t21-/m0/s1. The second kappa shape index (κ2) is 11.8. The highest BCUT2D eigenvalue weighted by Gasteiger charge is 2.31. The Morgan fingerprint density at radius 3 is 2.57 bits per heavy atom. The maximum absolute atomic E-state index is 13.2. The number of amides is 2. The van der Waals surface area contributed by atoms with Gasteiger partial charge in [0.05, 0.1) is 32.1 Å². The molecule has 2 aromatic heterocycles. The molecule has 0 spiro atoms. The van der Waals surface area contributed by atoms with Crippen LogP contribution in [0.4, 0.5) is 0 Å². The van der Waals surface area contributed by atoms with Crippen molar-refractivity contribution in [3.63, 3.8) is 0 Å². The summed E-state index contributed by atoms with van der Waals surface area (Å²) in [6, 6.07) is 11.4. The molecule has 0 unspecified atom stereocenters. The molecule has 0 N–H and O–H groups in total. The number of aromatic nitrogens is 4. The van der Waals surface area contributed by atoms with Gasteiger partial charge in [0, 0.05) is 39.1 Å². The number of methoxy groups -OCH3 is 1. The summed E-state index contributed by atoms with van der Waals surface area (Å²) in [4.78, 5) is 33.6. The zero-order valence-corrected chi connectivity index (χ0v) is 20.6. The molecule has 1 aromatic carbocycles. The van der Waals surface area contributed by atoms with Crippen LogP contribution in [0.2, 0.25) is 0 Å². The SMILES string of the molecule is COc1ccc(CN2C[C@H](OCc3ccncc3)CN(C(=O)CSc3nncn3C)CC2=O)cc1. The van der Waals surface area contributed by atoms with Crippen LogP contribution < -0.4 is 4.74 Å². The van der Waals surface area contributed by atoms with Gasteiger partial charge in [0.2, 0.25) is 11.8 Å². The van der Waals surface area contributed by atoms with Gasteiger partial charge >= 0.3 is 0 Å². The summed E-state index contributed by atoms with van der Waals surface area (Å²) >= 11 is 1.30. The molecule has 3 aromatic rings. The molecule has 1 atom stereocenters. The van der Waals surface area contributed by atoms with Gasteiger partial charge in [-0.15, -0.1) is 10.2 Å². The average molecular weight is 497 g/mol. The van der Waals surface area contributed by atoms with E-state index in [0.717, 1.165) is 16.9 Å². The summed E-state index contributed by atoms with van der Waals surface area (Å²) in [6.07, 6.45) is 4.68. The van der Waals surface area contributed by atoms with Crippen LogP contribution in [0.1, 0.15) is 11.1 Å². The van der Waals surface area contributed by atoms with Crippen molar-refractivity contribution in [1.29, 1.82) is 0 Å². The number of hydrogen-bond acceptors (Lipinski definition) is 8. The lowest BCUT2D eigenvalue weighted by atomic mass is 10.2.